The van der Waals surface area contributed by atoms with E-state index in [-0.39, 0.29) is 0 Å². The molecular formula is C10H23N. The number of aliphatic imine (C=N–C) groups is 1. The van der Waals surface area contributed by atoms with Gasteiger partial charge < -0.3 is 0 Å². The molecule has 11 heavy (non-hydrogen) atoms. The summed E-state index contributed by atoms with van der Waals surface area (Å²) in [7, 11) is 1.76. The van der Waals surface area contributed by atoms with Gasteiger partial charge in [0.2, 0.25) is 0 Å². The Hall–Kier alpha value is -0.590. The maximum atomic E-state index is 3.77. The van der Waals surface area contributed by atoms with Crippen molar-refractivity contribution in [3.63, 3.8) is 0 Å². The molecular weight excluding hydrogens is 134 g/mol. The summed E-state index contributed by atoms with van der Waals surface area (Å²) in [5, 5.41) is 0. The van der Waals surface area contributed by atoms with E-state index in [9.17, 15) is 0 Å². The minimum atomic E-state index is 1.28. The predicted molar refractivity (Wildman–Crippen MR) is 56.5 cm³/mol. The van der Waals surface area contributed by atoms with Gasteiger partial charge in [-0.1, -0.05) is 33.3 Å². The highest BCUT2D eigenvalue weighted by Gasteiger charge is 1.66. The third-order valence-corrected chi connectivity index (χ3v) is 0.557. The van der Waals surface area contributed by atoms with Gasteiger partial charge in [-0.3, -0.25) is 4.99 Å². The fourth-order valence-electron chi connectivity index (χ4n) is 0.224. The van der Waals surface area contributed by atoms with Crippen LogP contribution >= 0.6 is 0 Å². The normalized spacial score (nSPS) is 7.18. The quantitative estimate of drug-likeness (QED) is 0.515. The molecule has 0 unspecified atom stereocenters. The summed E-state index contributed by atoms with van der Waals surface area (Å²) in [5.41, 5.74) is 1.28. The lowest BCUT2D eigenvalue weighted by Crippen LogP contribution is -1.65. The Morgan fingerprint density at radius 2 is 1.36 bits per heavy atom. The van der Waals surface area contributed by atoms with Gasteiger partial charge in [-0.25, -0.2) is 0 Å². The summed E-state index contributed by atoms with van der Waals surface area (Å²) in [6, 6.07) is 0. The van der Waals surface area contributed by atoms with Gasteiger partial charge in [-0.15, -0.1) is 0 Å². The molecule has 0 radical (unpaired) electrons. The summed E-state index contributed by atoms with van der Waals surface area (Å²) in [5.74, 6) is 0. The van der Waals surface area contributed by atoms with Crippen molar-refractivity contribution >= 4 is 6.21 Å². The molecule has 0 saturated heterocycles. The lowest BCUT2D eigenvalue weighted by Gasteiger charge is -1.77. The maximum Gasteiger partial charge on any atom is 0.0277 e. The van der Waals surface area contributed by atoms with E-state index in [2.05, 4.69) is 4.99 Å². The molecule has 0 fully saturated rings. The van der Waals surface area contributed by atoms with Crippen LogP contribution in [0.4, 0.5) is 0 Å². The molecule has 0 bridgehead atoms. The van der Waals surface area contributed by atoms with E-state index in [1.54, 1.807) is 13.3 Å². The number of allylic oxidation sites excluding steroid dienone is 2. The molecule has 0 aromatic rings. The fourth-order valence-corrected chi connectivity index (χ4v) is 0.224. The van der Waals surface area contributed by atoms with E-state index in [0.29, 0.717) is 0 Å². The highest BCUT2D eigenvalue weighted by molar-refractivity contribution is 5.71. The van der Waals surface area contributed by atoms with Gasteiger partial charge in [0.25, 0.3) is 0 Å². The molecule has 0 rings (SSSR count). The van der Waals surface area contributed by atoms with Crippen molar-refractivity contribution < 1.29 is 0 Å². The van der Waals surface area contributed by atoms with Gasteiger partial charge in [-0.2, -0.15) is 0 Å². The summed E-state index contributed by atoms with van der Waals surface area (Å²) < 4.78 is 0. The molecule has 0 atom stereocenters. The lowest BCUT2D eigenvalue weighted by atomic mass is 10.3. The summed E-state index contributed by atoms with van der Waals surface area (Å²) in [4.78, 5) is 3.77. The molecule has 0 saturated carbocycles. The van der Waals surface area contributed by atoms with Crippen molar-refractivity contribution in [2.75, 3.05) is 7.05 Å². The van der Waals surface area contributed by atoms with Crippen LogP contribution in [0.2, 0.25) is 0 Å². The van der Waals surface area contributed by atoms with E-state index >= 15 is 0 Å². The van der Waals surface area contributed by atoms with Crippen LogP contribution in [-0.4, -0.2) is 13.3 Å². The van der Waals surface area contributed by atoms with Gasteiger partial charge in [0.15, 0.2) is 0 Å². The Bertz CT molecular complexity index is 87.0. The van der Waals surface area contributed by atoms with Crippen molar-refractivity contribution in [3.8, 4) is 0 Å². The van der Waals surface area contributed by atoms with Gasteiger partial charge in [0.05, 0.1) is 0 Å². The number of hydrogen-bond acceptors (Lipinski definition) is 1. The van der Waals surface area contributed by atoms with Crippen LogP contribution in [-0.2, 0) is 0 Å². The van der Waals surface area contributed by atoms with Crippen LogP contribution in [0.15, 0.2) is 16.6 Å². The highest BCUT2D eigenvalue weighted by atomic mass is 14.6. The summed E-state index contributed by atoms with van der Waals surface area (Å²) in [6.07, 6.45) is 3.76. The first-order valence-electron chi connectivity index (χ1n) is 4.33. The van der Waals surface area contributed by atoms with Gasteiger partial charge in [0, 0.05) is 13.3 Å². The highest BCUT2D eigenvalue weighted by Crippen LogP contribution is 1.82. The molecule has 0 N–H and O–H groups in total. The Morgan fingerprint density at radius 3 is 1.45 bits per heavy atom. The monoisotopic (exact) mass is 157 g/mol. The molecule has 0 aromatic heterocycles. The third-order valence-electron chi connectivity index (χ3n) is 0.557. The molecule has 0 aromatic carbocycles. The first-order valence-corrected chi connectivity index (χ1v) is 4.33. The van der Waals surface area contributed by atoms with Gasteiger partial charge in [0.1, 0.15) is 0 Å². The second kappa shape index (κ2) is 22.7. The van der Waals surface area contributed by atoms with E-state index in [1.807, 2.05) is 47.6 Å². The minimum absolute atomic E-state index is 1.28. The molecule has 0 spiro atoms. The van der Waals surface area contributed by atoms with Crippen LogP contribution in [0.25, 0.3) is 0 Å². The van der Waals surface area contributed by atoms with E-state index in [1.165, 1.54) is 5.57 Å². The van der Waals surface area contributed by atoms with Gasteiger partial charge >= 0.3 is 0 Å². The topological polar surface area (TPSA) is 12.4 Å². The van der Waals surface area contributed by atoms with Crippen molar-refractivity contribution in [2.24, 2.45) is 4.99 Å². The Balaban J connectivity index is -0.000000138. The largest absolute Gasteiger partial charge is 0.297 e. The summed E-state index contributed by atoms with van der Waals surface area (Å²) >= 11 is 0. The second-order valence-corrected chi connectivity index (χ2v) is 1.65. The second-order valence-electron chi connectivity index (χ2n) is 1.65. The molecule has 0 amide bonds. The lowest BCUT2D eigenvalue weighted by molar-refractivity contribution is 1.40. The van der Waals surface area contributed by atoms with Crippen LogP contribution < -0.4 is 0 Å². The van der Waals surface area contributed by atoms with E-state index in [0.717, 1.165) is 0 Å². The van der Waals surface area contributed by atoms with Crippen molar-refractivity contribution in [1.82, 2.24) is 0 Å². The SMILES string of the molecule is CC.CC.CN=CC=C(C)C. The third kappa shape index (κ3) is 44.4. The van der Waals surface area contributed by atoms with Crippen molar-refractivity contribution in [2.45, 2.75) is 41.5 Å². The number of nitrogens with zero attached hydrogens (tertiary/aromatic N) is 1. The maximum absolute atomic E-state index is 3.77. The Labute approximate surface area is 72.2 Å². The minimum Gasteiger partial charge on any atom is -0.297 e. The first-order chi connectivity index (χ1) is 5.27. The molecule has 1 nitrogen and oxygen atoms in total. The average Bonchev–Trinajstić information content (AvgIpc) is 2.08. The van der Waals surface area contributed by atoms with Crippen molar-refractivity contribution in [3.05, 3.63) is 11.6 Å². The van der Waals surface area contributed by atoms with Crippen LogP contribution in [0.1, 0.15) is 41.5 Å². The van der Waals surface area contributed by atoms with Crippen LogP contribution in [0.3, 0.4) is 0 Å². The van der Waals surface area contributed by atoms with Crippen molar-refractivity contribution in [1.29, 1.82) is 0 Å². The number of hydrogen-bond donors (Lipinski definition) is 0. The zero-order chi connectivity index (χ0) is 9.70. The number of rotatable bonds is 1. The van der Waals surface area contributed by atoms with E-state index < -0.39 is 0 Å². The smallest absolute Gasteiger partial charge is 0.0277 e. The Kier molecular flexibility index (Phi) is 34.7. The molecule has 68 valence electrons. The molecule has 1 heteroatoms. The first kappa shape index (κ1) is 16.8. The van der Waals surface area contributed by atoms with Crippen LogP contribution in [0, 0.1) is 0 Å². The molecule has 0 aliphatic rings. The fraction of sp³-hybridized carbons (Fsp3) is 0.700. The van der Waals surface area contributed by atoms with E-state index in [4.69, 9.17) is 0 Å². The molecule has 0 heterocycles. The molecule has 0 aliphatic carbocycles. The standard InChI is InChI=1S/C6H11N.2C2H6/c1-6(2)4-5-7-3;2*1-2/h4-5H,1-3H3;2*1-2H3. The summed E-state index contributed by atoms with van der Waals surface area (Å²) in [6.45, 7) is 12.1. The van der Waals surface area contributed by atoms with Gasteiger partial charge in [-0.05, 0) is 19.9 Å². The predicted octanol–water partition coefficient (Wildman–Crippen LogP) is 3.71. The molecule has 0 aliphatic heterocycles. The average molecular weight is 157 g/mol. The Morgan fingerprint density at radius 1 is 1.00 bits per heavy atom. The zero-order valence-corrected chi connectivity index (χ0v) is 9.10. The van der Waals surface area contributed by atoms with Crippen LogP contribution in [0.5, 0.6) is 0 Å². The zero-order valence-electron chi connectivity index (χ0n) is 9.10.